The topological polar surface area (TPSA) is 71.8 Å². The van der Waals surface area contributed by atoms with Crippen molar-refractivity contribution in [3.8, 4) is 0 Å². The van der Waals surface area contributed by atoms with Crippen LogP contribution >= 0.6 is 0 Å². The Labute approximate surface area is 156 Å². The maximum atomic E-state index is 14.6. The molecule has 2 rings (SSSR count). The molecule has 1 N–H and O–H groups in total. The number of rotatable bonds is 8. The Bertz CT molecular complexity index is 947. The van der Waals surface area contributed by atoms with E-state index in [1.807, 2.05) is 31.2 Å². The van der Waals surface area contributed by atoms with Crippen LogP contribution in [0.25, 0.3) is 10.9 Å². The highest BCUT2D eigenvalue weighted by Crippen LogP contribution is 2.24. The summed E-state index contributed by atoms with van der Waals surface area (Å²) in [5, 5.41) is 9.32. The first-order valence-electron chi connectivity index (χ1n) is 8.46. The van der Waals surface area contributed by atoms with E-state index >= 15 is 0 Å². The number of carbonyl (C=O) groups is 1. The summed E-state index contributed by atoms with van der Waals surface area (Å²) in [7, 11) is 3.33. The van der Waals surface area contributed by atoms with Gasteiger partial charge in [-0.2, -0.15) is 0 Å². The maximum Gasteiger partial charge on any atom is 0.341 e. The number of anilines is 1. The van der Waals surface area contributed by atoms with Gasteiger partial charge in [0.05, 0.1) is 17.8 Å². The van der Waals surface area contributed by atoms with Gasteiger partial charge in [0.25, 0.3) is 0 Å². The molecule has 0 bridgehead atoms. The van der Waals surface area contributed by atoms with Crippen LogP contribution in [-0.2, 0) is 11.3 Å². The lowest BCUT2D eigenvalue weighted by molar-refractivity contribution is 0.0695. The van der Waals surface area contributed by atoms with E-state index < -0.39 is 17.2 Å². The second-order valence-corrected chi connectivity index (χ2v) is 6.03. The van der Waals surface area contributed by atoms with Crippen LogP contribution in [0.4, 0.5) is 10.1 Å². The fourth-order valence-electron chi connectivity index (χ4n) is 2.71. The molecule has 0 amide bonds. The average molecular weight is 374 g/mol. The highest BCUT2D eigenvalue weighted by molar-refractivity contribution is 5.93. The molecule has 0 radical (unpaired) electrons. The van der Waals surface area contributed by atoms with Crippen LogP contribution in [0.1, 0.15) is 17.3 Å². The molecule has 0 atom stereocenters. The number of hydrogen-bond donors (Lipinski definition) is 1. The quantitative estimate of drug-likeness (QED) is 0.719. The molecule has 0 aliphatic rings. The summed E-state index contributed by atoms with van der Waals surface area (Å²) < 4.78 is 21.2. The van der Waals surface area contributed by atoms with Gasteiger partial charge >= 0.3 is 5.97 Å². The molecule has 1 aromatic carbocycles. The Kier molecular flexibility index (Phi) is 6.90. The fourth-order valence-corrected chi connectivity index (χ4v) is 2.71. The van der Waals surface area contributed by atoms with Crippen LogP contribution in [0.5, 0.6) is 0 Å². The zero-order chi connectivity index (χ0) is 20.0. The summed E-state index contributed by atoms with van der Waals surface area (Å²) in [5.41, 5.74) is -0.272. The molecule has 0 fully saturated rings. The van der Waals surface area contributed by atoms with Gasteiger partial charge in [0.2, 0.25) is 5.43 Å². The Morgan fingerprint density at radius 2 is 2.07 bits per heavy atom. The van der Waals surface area contributed by atoms with Gasteiger partial charge in [-0.25, -0.2) is 9.18 Å². The Morgan fingerprint density at radius 1 is 1.33 bits per heavy atom. The number of ether oxygens (including phenoxy) is 1. The predicted octanol–water partition coefficient (Wildman–Crippen LogP) is 3.05. The molecule has 0 spiro atoms. The highest BCUT2D eigenvalue weighted by atomic mass is 19.1. The molecule has 27 heavy (non-hydrogen) atoms. The summed E-state index contributed by atoms with van der Waals surface area (Å²) in [6.45, 7) is 3.14. The number of benzene rings is 1. The van der Waals surface area contributed by atoms with E-state index in [-0.39, 0.29) is 10.9 Å². The smallest absolute Gasteiger partial charge is 0.341 e. The molecule has 6 nitrogen and oxygen atoms in total. The number of aromatic nitrogens is 1. The van der Waals surface area contributed by atoms with Gasteiger partial charge < -0.3 is 19.3 Å². The van der Waals surface area contributed by atoms with Crippen molar-refractivity contribution in [1.29, 1.82) is 0 Å². The minimum Gasteiger partial charge on any atom is -0.477 e. The number of methoxy groups -OCH3 is 1. The van der Waals surface area contributed by atoms with E-state index in [2.05, 4.69) is 0 Å². The number of aromatic carboxylic acids is 1. The van der Waals surface area contributed by atoms with E-state index in [1.54, 1.807) is 29.7 Å². The lowest BCUT2D eigenvalue weighted by Gasteiger charge is -2.20. The van der Waals surface area contributed by atoms with Crippen LogP contribution in [0.2, 0.25) is 0 Å². The number of halogens is 1. The van der Waals surface area contributed by atoms with Gasteiger partial charge in [-0.1, -0.05) is 24.3 Å². The zero-order valence-corrected chi connectivity index (χ0v) is 15.6. The van der Waals surface area contributed by atoms with Gasteiger partial charge in [0.15, 0.2) is 0 Å². The van der Waals surface area contributed by atoms with Gasteiger partial charge in [-0.05, 0) is 19.1 Å². The van der Waals surface area contributed by atoms with Crippen molar-refractivity contribution in [2.75, 3.05) is 32.2 Å². The summed E-state index contributed by atoms with van der Waals surface area (Å²) in [6.07, 6.45) is 8.63. The summed E-state index contributed by atoms with van der Waals surface area (Å²) in [4.78, 5) is 25.5. The number of likely N-dealkylation sites (N-methyl/N-ethyl adjacent to an activating group) is 1. The lowest BCUT2D eigenvalue weighted by Crippen LogP contribution is -2.21. The summed E-state index contributed by atoms with van der Waals surface area (Å²) in [6, 6.07) is 2.69. The van der Waals surface area contributed by atoms with Crippen molar-refractivity contribution in [3.05, 3.63) is 64.2 Å². The normalized spacial score (nSPS) is 11.7. The van der Waals surface area contributed by atoms with E-state index in [4.69, 9.17) is 4.74 Å². The molecule has 0 aliphatic heterocycles. The second-order valence-electron chi connectivity index (χ2n) is 6.03. The number of hydrogen-bond acceptors (Lipinski definition) is 4. The molecule has 1 heterocycles. The molecule has 0 saturated heterocycles. The van der Waals surface area contributed by atoms with Crippen molar-refractivity contribution in [2.24, 2.45) is 0 Å². The number of carboxylic acid groups (broad SMARTS) is 1. The number of carboxylic acids is 1. The van der Waals surface area contributed by atoms with Crippen LogP contribution in [0, 0.1) is 5.82 Å². The van der Waals surface area contributed by atoms with Gasteiger partial charge in [0.1, 0.15) is 11.4 Å². The minimum atomic E-state index is -1.33. The van der Waals surface area contributed by atoms with Crippen molar-refractivity contribution in [3.63, 3.8) is 0 Å². The van der Waals surface area contributed by atoms with Crippen LogP contribution in [0.3, 0.4) is 0 Å². The summed E-state index contributed by atoms with van der Waals surface area (Å²) in [5.74, 6) is -1.91. The van der Waals surface area contributed by atoms with Crippen molar-refractivity contribution < 1.29 is 19.0 Å². The molecule has 1 aromatic heterocycles. The molecular weight excluding hydrogens is 351 g/mol. The Balaban J connectivity index is 2.60. The fraction of sp³-hybridized carbons (Fsp3) is 0.300. The zero-order valence-electron chi connectivity index (χ0n) is 15.6. The number of pyridine rings is 1. The monoisotopic (exact) mass is 374 g/mol. The van der Waals surface area contributed by atoms with Crippen molar-refractivity contribution in [1.82, 2.24) is 4.57 Å². The van der Waals surface area contributed by atoms with Crippen molar-refractivity contribution >= 4 is 22.6 Å². The Morgan fingerprint density at radius 3 is 2.70 bits per heavy atom. The third-order valence-electron chi connectivity index (χ3n) is 4.14. The standard InChI is InChI=1S/C20H23FN2O4/c1-4-5-9-23-13-15(20(25)26)19(24)14-11-16(21)18(12-17(14)23)22(2)8-6-7-10-27-3/h4-7,11-13H,8-10H2,1-3H3,(H,25,26)/b5-4+,7-6+. The first-order valence-corrected chi connectivity index (χ1v) is 8.46. The second kappa shape index (κ2) is 9.14. The first kappa shape index (κ1) is 20.4. The third kappa shape index (κ3) is 4.62. The van der Waals surface area contributed by atoms with Crippen LogP contribution < -0.4 is 10.3 Å². The molecule has 7 heteroatoms. The first-order chi connectivity index (χ1) is 12.9. The van der Waals surface area contributed by atoms with E-state index in [0.29, 0.717) is 30.9 Å². The van der Waals surface area contributed by atoms with Crippen LogP contribution in [0.15, 0.2) is 47.4 Å². The largest absolute Gasteiger partial charge is 0.477 e. The van der Waals surface area contributed by atoms with Gasteiger partial charge in [-0.15, -0.1) is 0 Å². The molecule has 0 saturated carbocycles. The highest BCUT2D eigenvalue weighted by Gasteiger charge is 2.17. The van der Waals surface area contributed by atoms with E-state index in [9.17, 15) is 19.1 Å². The predicted molar refractivity (Wildman–Crippen MR) is 104 cm³/mol. The Hall–Kier alpha value is -2.93. The number of fused-ring (bicyclic) bond motifs is 1. The summed E-state index contributed by atoms with van der Waals surface area (Å²) >= 11 is 0. The third-order valence-corrected chi connectivity index (χ3v) is 4.14. The maximum absolute atomic E-state index is 14.6. The van der Waals surface area contributed by atoms with Gasteiger partial charge in [-0.3, -0.25) is 4.79 Å². The van der Waals surface area contributed by atoms with Gasteiger partial charge in [0, 0.05) is 38.8 Å². The molecular formula is C20H23FN2O4. The number of nitrogens with zero attached hydrogens (tertiary/aromatic N) is 2. The number of allylic oxidation sites excluding steroid dienone is 2. The average Bonchev–Trinajstić information content (AvgIpc) is 2.64. The van der Waals surface area contributed by atoms with Crippen molar-refractivity contribution in [2.45, 2.75) is 13.5 Å². The van der Waals surface area contributed by atoms with E-state index in [1.165, 1.54) is 6.20 Å². The SMILES string of the molecule is C/C=C/Cn1cc(C(=O)O)c(=O)c2cc(F)c(N(C)C/C=C/COC)cc21. The minimum absolute atomic E-state index is 0.0454. The lowest BCUT2D eigenvalue weighted by atomic mass is 10.1. The van der Waals surface area contributed by atoms with E-state index in [0.717, 1.165) is 6.07 Å². The molecule has 0 aliphatic carbocycles. The molecule has 2 aromatic rings. The molecule has 144 valence electrons. The molecule has 0 unspecified atom stereocenters. The van der Waals surface area contributed by atoms with Crippen LogP contribution in [-0.4, -0.2) is 43.0 Å².